The molecule has 0 aliphatic rings. The van der Waals surface area contributed by atoms with Crippen molar-refractivity contribution in [2.75, 3.05) is 21.3 Å². The molecule has 5 heteroatoms. The van der Waals surface area contributed by atoms with Gasteiger partial charge in [0.15, 0.2) is 11.5 Å². The van der Waals surface area contributed by atoms with Crippen molar-refractivity contribution in [3.63, 3.8) is 0 Å². The Balaban J connectivity index is 2.60. The van der Waals surface area contributed by atoms with Gasteiger partial charge in [0.25, 0.3) is 0 Å². The molecule has 1 aromatic carbocycles. The van der Waals surface area contributed by atoms with Gasteiger partial charge >= 0.3 is 0 Å². The van der Waals surface area contributed by atoms with Crippen molar-refractivity contribution in [3.05, 3.63) is 34.2 Å². The summed E-state index contributed by atoms with van der Waals surface area (Å²) in [5.41, 5.74) is 2.21. The number of benzene rings is 1. The van der Waals surface area contributed by atoms with Gasteiger partial charge in [-0.15, -0.1) is 11.3 Å². The average Bonchev–Trinajstić information content (AvgIpc) is 2.84. The van der Waals surface area contributed by atoms with E-state index in [1.165, 1.54) is 0 Å². The molecule has 0 saturated heterocycles. The number of rotatable bonds is 5. The molecule has 0 aliphatic carbocycles. The van der Waals surface area contributed by atoms with Gasteiger partial charge in [-0.1, -0.05) is 11.6 Å². The predicted molar refractivity (Wildman–Crippen MR) is 80.6 cm³/mol. The number of hydrogen-bond acceptors (Lipinski definition) is 4. The lowest BCUT2D eigenvalue weighted by molar-refractivity contribution is 0.354. The smallest absolute Gasteiger partial charge is 0.161 e. The number of ether oxygens (including phenoxy) is 2. The third-order valence-electron chi connectivity index (χ3n) is 2.84. The Kier molecular flexibility index (Phi) is 4.69. The maximum atomic E-state index is 6.23. The highest BCUT2D eigenvalue weighted by molar-refractivity contribution is 7.14. The summed E-state index contributed by atoms with van der Waals surface area (Å²) in [6.45, 7) is 0.740. The van der Waals surface area contributed by atoms with Crippen LogP contribution in [0.1, 0.15) is 5.56 Å². The van der Waals surface area contributed by atoms with Crippen LogP contribution in [0.2, 0.25) is 5.02 Å². The lowest BCUT2D eigenvalue weighted by Gasteiger charge is -2.14. The second-order valence-electron chi connectivity index (χ2n) is 3.99. The van der Waals surface area contributed by atoms with Crippen LogP contribution in [0.5, 0.6) is 11.5 Å². The molecule has 0 amide bonds. The van der Waals surface area contributed by atoms with Gasteiger partial charge in [0.1, 0.15) is 0 Å². The minimum absolute atomic E-state index is 0.710. The fourth-order valence-corrected chi connectivity index (χ4v) is 3.17. The van der Waals surface area contributed by atoms with Gasteiger partial charge in [0.2, 0.25) is 0 Å². The Morgan fingerprint density at radius 2 is 1.89 bits per heavy atom. The number of nitrogens with one attached hydrogen (secondary N) is 1. The molecule has 0 spiro atoms. The fourth-order valence-electron chi connectivity index (χ4n) is 1.96. The van der Waals surface area contributed by atoms with Crippen LogP contribution in [-0.2, 0) is 6.54 Å². The fraction of sp³-hybridized carbons (Fsp3) is 0.286. The summed E-state index contributed by atoms with van der Waals surface area (Å²) in [4.78, 5) is 1.05. The molecular formula is C14H16ClNO2S. The molecule has 0 saturated carbocycles. The van der Waals surface area contributed by atoms with Gasteiger partial charge < -0.3 is 14.8 Å². The quantitative estimate of drug-likeness (QED) is 0.910. The Morgan fingerprint density at radius 1 is 1.21 bits per heavy atom. The minimum atomic E-state index is 0.710. The van der Waals surface area contributed by atoms with E-state index in [4.69, 9.17) is 21.1 Å². The summed E-state index contributed by atoms with van der Waals surface area (Å²) < 4.78 is 10.7. The van der Waals surface area contributed by atoms with E-state index in [1.807, 2.05) is 30.6 Å². The summed E-state index contributed by atoms with van der Waals surface area (Å²) >= 11 is 7.85. The molecule has 1 N–H and O–H groups in total. The molecule has 102 valence electrons. The van der Waals surface area contributed by atoms with Crippen LogP contribution in [0.3, 0.4) is 0 Å². The molecule has 2 aromatic rings. The lowest BCUT2D eigenvalue weighted by Crippen LogP contribution is -2.07. The Morgan fingerprint density at radius 3 is 2.42 bits per heavy atom. The maximum Gasteiger partial charge on any atom is 0.161 e. The van der Waals surface area contributed by atoms with E-state index in [0.29, 0.717) is 5.75 Å². The van der Waals surface area contributed by atoms with Crippen molar-refractivity contribution in [1.82, 2.24) is 5.32 Å². The van der Waals surface area contributed by atoms with Gasteiger partial charge in [0.05, 0.1) is 24.1 Å². The van der Waals surface area contributed by atoms with Crippen LogP contribution in [0.25, 0.3) is 10.4 Å². The van der Waals surface area contributed by atoms with Gasteiger partial charge in [0, 0.05) is 12.1 Å². The molecule has 0 aliphatic heterocycles. The first kappa shape index (κ1) is 14.2. The molecule has 3 nitrogen and oxygen atoms in total. The topological polar surface area (TPSA) is 30.5 Å². The van der Waals surface area contributed by atoms with Crippen molar-refractivity contribution in [3.8, 4) is 21.9 Å². The number of halogens is 1. The molecule has 19 heavy (non-hydrogen) atoms. The standard InChI is InChI=1S/C14H16ClNO2S/c1-16-8-9-6-12(17-2)13(18-3)7-10(9)14-11(15)4-5-19-14/h4-7,16H,8H2,1-3H3. The van der Waals surface area contributed by atoms with Crippen molar-refractivity contribution >= 4 is 22.9 Å². The van der Waals surface area contributed by atoms with Crippen LogP contribution in [-0.4, -0.2) is 21.3 Å². The molecule has 0 unspecified atom stereocenters. The van der Waals surface area contributed by atoms with Crippen molar-refractivity contribution in [2.24, 2.45) is 0 Å². The number of methoxy groups -OCH3 is 2. The van der Waals surface area contributed by atoms with E-state index in [9.17, 15) is 0 Å². The van der Waals surface area contributed by atoms with Crippen LogP contribution < -0.4 is 14.8 Å². The summed E-state index contributed by atoms with van der Waals surface area (Å²) in [5.74, 6) is 1.44. The molecule has 0 bridgehead atoms. The van der Waals surface area contributed by atoms with E-state index >= 15 is 0 Å². The molecule has 1 aromatic heterocycles. The predicted octanol–water partition coefficient (Wildman–Crippen LogP) is 3.81. The third kappa shape index (κ3) is 2.86. The molecular weight excluding hydrogens is 282 g/mol. The monoisotopic (exact) mass is 297 g/mol. The Bertz CT molecular complexity index is 569. The normalized spacial score (nSPS) is 10.5. The van der Waals surface area contributed by atoms with E-state index in [1.54, 1.807) is 25.6 Å². The van der Waals surface area contributed by atoms with Gasteiger partial charge in [-0.3, -0.25) is 0 Å². The van der Waals surface area contributed by atoms with E-state index < -0.39 is 0 Å². The van der Waals surface area contributed by atoms with Gasteiger partial charge in [-0.2, -0.15) is 0 Å². The lowest BCUT2D eigenvalue weighted by atomic mass is 10.0. The number of thiophene rings is 1. The van der Waals surface area contributed by atoms with Crippen molar-refractivity contribution in [2.45, 2.75) is 6.54 Å². The van der Waals surface area contributed by atoms with E-state index in [-0.39, 0.29) is 0 Å². The van der Waals surface area contributed by atoms with Crippen molar-refractivity contribution < 1.29 is 9.47 Å². The zero-order chi connectivity index (χ0) is 13.8. The van der Waals surface area contributed by atoms with Crippen LogP contribution >= 0.6 is 22.9 Å². The summed E-state index contributed by atoms with van der Waals surface area (Å²) in [5, 5.41) is 5.90. The third-order valence-corrected chi connectivity index (χ3v) is 4.21. The van der Waals surface area contributed by atoms with E-state index in [2.05, 4.69) is 5.32 Å². The van der Waals surface area contributed by atoms with Gasteiger partial charge in [-0.05, 0) is 36.2 Å². The molecule has 0 atom stereocenters. The first-order chi connectivity index (χ1) is 9.21. The highest BCUT2D eigenvalue weighted by atomic mass is 35.5. The highest BCUT2D eigenvalue weighted by Gasteiger charge is 2.15. The number of hydrogen-bond donors (Lipinski definition) is 1. The zero-order valence-electron chi connectivity index (χ0n) is 11.1. The first-order valence-corrected chi connectivity index (χ1v) is 7.09. The Labute approximate surface area is 122 Å². The SMILES string of the molecule is CNCc1cc(OC)c(OC)cc1-c1sccc1Cl. The first-order valence-electron chi connectivity index (χ1n) is 5.84. The molecule has 0 fully saturated rings. The van der Waals surface area contributed by atoms with Crippen LogP contribution in [0, 0.1) is 0 Å². The highest BCUT2D eigenvalue weighted by Crippen LogP contribution is 2.40. The van der Waals surface area contributed by atoms with E-state index in [0.717, 1.165) is 33.3 Å². The molecule has 2 rings (SSSR count). The maximum absolute atomic E-state index is 6.23. The molecule has 1 heterocycles. The molecule has 0 radical (unpaired) electrons. The minimum Gasteiger partial charge on any atom is -0.493 e. The van der Waals surface area contributed by atoms with Crippen LogP contribution in [0.15, 0.2) is 23.6 Å². The van der Waals surface area contributed by atoms with Gasteiger partial charge in [-0.25, -0.2) is 0 Å². The second-order valence-corrected chi connectivity index (χ2v) is 5.32. The second kappa shape index (κ2) is 6.28. The zero-order valence-corrected chi connectivity index (χ0v) is 12.7. The Hall–Kier alpha value is -1.23. The van der Waals surface area contributed by atoms with Crippen molar-refractivity contribution in [1.29, 1.82) is 0 Å². The summed E-state index contributed by atoms with van der Waals surface area (Å²) in [6, 6.07) is 5.87. The summed E-state index contributed by atoms with van der Waals surface area (Å²) in [6.07, 6.45) is 0. The average molecular weight is 298 g/mol. The van der Waals surface area contributed by atoms with Crippen LogP contribution in [0.4, 0.5) is 0 Å². The summed E-state index contributed by atoms with van der Waals surface area (Å²) in [7, 11) is 5.19. The largest absolute Gasteiger partial charge is 0.493 e.